The average Bonchev–Trinajstić information content (AvgIpc) is 3.02. The first-order valence-corrected chi connectivity index (χ1v) is 10.3. The summed E-state index contributed by atoms with van der Waals surface area (Å²) in [6.07, 6.45) is 1.63. The van der Waals surface area contributed by atoms with Crippen LogP contribution in [0.2, 0.25) is 5.02 Å². The molecule has 1 aliphatic heterocycles. The standard InChI is InChI=1S/C23H16BrClN2O3/c24-19-12-16(6-11-21(19)30-14-15-4-2-1-3-5-15)13-20-22(28)27(23(29)26-20)18-9-7-17(25)8-10-18/h1-13H,14H2,(H,26,29)/b20-13+. The van der Waals surface area contributed by atoms with Gasteiger partial charge in [0.1, 0.15) is 18.1 Å². The maximum Gasteiger partial charge on any atom is 0.333 e. The fourth-order valence-electron chi connectivity index (χ4n) is 2.99. The largest absolute Gasteiger partial charge is 0.488 e. The van der Waals surface area contributed by atoms with E-state index in [1.807, 2.05) is 48.5 Å². The molecule has 150 valence electrons. The van der Waals surface area contributed by atoms with Gasteiger partial charge < -0.3 is 10.1 Å². The third-order valence-electron chi connectivity index (χ3n) is 4.47. The van der Waals surface area contributed by atoms with Gasteiger partial charge in [-0.15, -0.1) is 0 Å². The predicted octanol–water partition coefficient (Wildman–Crippen LogP) is 5.78. The first-order chi connectivity index (χ1) is 14.5. The second kappa shape index (κ2) is 8.73. The number of carbonyl (C=O) groups excluding carboxylic acids is 2. The van der Waals surface area contributed by atoms with Gasteiger partial charge in [0.2, 0.25) is 0 Å². The molecule has 0 aromatic heterocycles. The molecule has 0 atom stereocenters. The highest BCUT2D eigenvalue weighted by molar-refractivity contribution is 9.10. The third kappa shape index (κ3) is 4.40. The molecule has 0 spiro atoms. The smallest absolute Gasteiger partial charge is 0.333 e. The number of ether oxygens (including phenoxy) is 1. The molecule has 3 amide bonds. The van der Waals surface area contributed by atoms with Crippen LogP contribution in [0.25, 0.3) is 6.08 Å². The molecule has 1 fully saturated rings. The summed E-state index contributed by atoms with van der Waals surface area (Å²) < 4.78 is 6.60. The Balaban J connectivity index is 1.50. The fraction of sp³-hybridized carbons (Fsp3) is 0.0435. The number of nitrogens with zero attached hydrogens (tertiary/aromatic N) is 1. The van der Waals surface area contributed by atoms with Gasteiger partial charge in [0.15, 0.2) is 0 Å². The van der Waals surface area contributed by atoms with E-state index in [9.17, 15) is 9.59 Å². The summed E-state index contributed by atoms with van der Waals surface area (Å²) >= 11 is 9.38. The number of rotatable bonds is 5. The topological polar surface area (TPSA) is 58.6 Å². The van der Waals surface area contributed by atoms with E-state index in [2.05, 4.69) is 21.2 Å². The van der Waals surface area contributed by atoms with E-state index in [1.165, 1.54) is 0 Å². The van der Waals surface area contributed by atoms with E-state index >= 15 is 0 Å². The number of carbonyl (C=O) groups is 2. The van der Waals surface area contributed by atoms with Crippen LogP contribution in [-0.4, -0.2) is 11.9 Å². The molecule has 30 heavy (non-hydrogen) atoms. The molecular formula is C23H16BrClN2O3. The Morgan fingerprint density at radius 2 is 1.73 bits per heavy atom. The maximum atomic E-state index is 12.7. The van der Waals surface area contributed by atoms with Gasteiger partial charge in [-0.3, -0.25) is 4.79 Å². The van der Waals surface area contributed by atoms with Crippen LogP contribution in [0.5, 0.6) is 5.75 Å². The van der Waals surface area contributed by atoms with Gasteiger partial charge in [-0.05, 0) is 69.5 Å². The van der Waals surface area contributed by atoms with Crippen LogP contribution in [0.3, 0.4) is 0 Å². The van der Waals surface area contributed by atoms with Crippen molar-refractivity contribution in [2.45, 2.75) is 6.61 Å². The molecule has 0 radical (unpaired) electrons. The predicted molar refractivity (Wildman–Crippen MR) is 120 cm³/mol. The second-order valence-electron chi connectivity index (χ2n) is 6.57. The molecule has 3 aromatic rings. The maximum absolute atomic E-state index is 12.7. The van der Waals surface area contributed by atoms with Crippen LogP contribution < -0.4 is 15.0 Å². The van der Waals surface area contributed by atoms with Crippen molar-refractivity contribution in [3.8, 4) is 5.75 Å². The summed E-state index contributed by atoms with van der Waals surface area (Å²) in [5.41, 5.74) is 2.46. The Kier molecular flexibility index (Phi) is 5.88. The molecule has 0 unspecified atom stereocenters. The van der Waals surface area contributed by atoms with Crippen LogP contribution in [0.15, 0.2) is 83.0 Å². The molecule has 0 aliphatic carbocycles. The van der Waals surface area contributed by atoms with Crippen molar-refractivity contribution in [1.29, 1.82) is 0 Å². The number of imide groups is 1. The van der Waals surface area contributed by atoms with Gasteiger partial charge in [0, 0.05) is 5.02 Å². The van der Waals surface area contributed by atoms with Crippen molar-refractivity contribution in [2.24, 2.45) is 0 Å². The molecule has 0 saturated carbocycles. The number of anilines is 1. The lowest BCUT2D eigenvalue weighted by atomic mass is 10.1. The molecule has 1 aliphatic rings. The Morgan fingerprint density at radius 3 is 2.43 bits per heavy atom. The average molecular weight is 484 g/mol. The summed E-state index contributed by atoms with van der Waals surface area (Å²) in [4.78, 5) is 26.1. The van der Waals surface area contributed by atoms with Crippen LogP contribution in [0, 0.1) is 0 Å². The second-order valence-corrected chi connectivity index (χ2v) is 7.86. The molecule has 0 bridgehead atoms. The van der Waals surface area contributed by atoms with Crippen molar-refractivity contribution in [1.82, 2.24) is 5.32 Å². The van der Waals surface area contributed by atoms with Gasteiger partial charge in [0.25, 0.3) is 5.91 Å². The number of hydrogen-bond donors (Lipinski definition) is 1. The molecular weight excluding hydrogens is 468 g/mol. The Bertz CT molecular complexity index is 1130. The highest BCUT2D eigenvalue weighted by Gasteiger charge is 2.34. The van der Waals surface area contributed by atoms with Crippen LogP contribution >= 0.6 is 27.5 Å². The third-order valence-corrected chi connectivity index (χ3v) is 5.34. The number of urea groups is 1. The molecule has 5 nitrogen and oxygen atoms in total. The lowest BCUT2D eigenvalue weighted by Crippen LogP contribution is -2.30. The highest BCUT2D eigenvalue weighted by Crippen LogP contribution is 2.29. The Labute approximate surface area is 187 Å². The van der Waals surface area contributed by atoms with Crippen LogP contribution in [-0.2, 0) is 11.4 Å². The first kappa shape index (κ1) is 20.2. The van der Waals surface area contributed by atoms with Crippen molar-refractivity contribution < 1.29 is 14.3 Å². The Hall–Kier alpha value is -3.09. The van der Waals surface area contributed by atoms with E-state index < -0.39 is 11.9 Å². The van der Waals surface area contributed by atoms with Crippen molar-refractivity contribution in [3.05, 3.63) is 99.1 Å². The van der Waals surface area contributed by atoms with Crippen LogP contribution in [0.1, 0.15) is 11.1 Å². The van der Waals surface area contributed by atoms with Gasteiger partial charge in [-0.2, -0.15) is 0 Å². The van der Waals surface area contributed by atoms with E-state index in [-0.39, 0.29) is 5.70 Å². The normalized spacial score (nSPS) is 14.9. The quantitative estimate of drug-likeness (QED) is 0.370. The summed E-state index contributed by atoms with van der Waals surface area (Å²) in [6.45, 7) is 0.449. The Morgan fingerprint density at radius 1 is 1.00 bits per heavy atom. The molecule has 3 aromatic carbocycles. The minimum Gasteiger partial charge on any atom is -0.488 e. The lowest BCUT2D eigenvalue weighted by molar-refractivity contribution is -0.113. The highest BCUT2D eigenvalue weighted by atomic mass is 79.9. The van der Waals surface area contributed by atoms with Crippen molar-refractivity contribution in [3.63, 3.8) is 0 Å². The van der Waals surface area contributed by atoms with E-state index in [4.69, 9.17) is 16.3 Å². The van der Waals surface area contributed by atoms with E-state index in [0.29, 0.717) is 23.1 Å². The van der Waals surface area contributed by atoms with Crippen molar-refractivity contribution >= 4 is 51.2 Å². The number of hydrogen-bond acceptors (Lipinski definition) is 3. The van der Waals surface area contributed by atoms with Crippen molar-refractivity contribution in [2.75, 3.05) is 4.90 Å². The fourth-order valence-corrected chi connectivity index (χ4v) is 3.62. The van der Waals surface area contributed by atoms with Gasteiger partial charge in [-0.25, -0.2) is 9.69 Å². The zero-order valence-corrected chi connectivity index (χ0v) is 18.0. The number of amides is 3. The number of halogens is 2. The minimum absolute atomic E-state index is 0.194. The van der Waals surface area contributed by atoms with Crippen LogP contribution in [0.4, 0.5) is 10.5 Å². The zero-order chi connectivity index (χ0) is 21.1. The van der Waals surface area contributed by atoms with Gasteiger partial charge >= 0.3 is 6.03 Å². The first-order valence-electron chi connectivity index (χ1n) is 9.10. The molecule has 4 rings (SSSR count). The number of benzene rings is 3. The lowest BCUT2D eigenvalue weighted by Gasteiger charge is -2.11. The molecule has 1 saturated heterocycles. The summed E-state index contributed by atoms with van der Waals surface area (Å²) in [7, 11) is 0. The minimum atomic E-state index is -0.504. The molecule has 1 N–H and O–H groups in total. The van der Waals surface area contributed by atoms with E-state index in [0.717, 1.165) is 20.5 Å². The summed E-state index contributed by atoms with van der Waals surface area (Å²) in [5, 5.41) is 3.14. The number of nitrogens with one attached hydrogen (secondary N) is 1. The van der Waals surface area contributed by atoms with Gasteiger partial charge in [-0.1, -0.05) is 48.0 Å². The van der Waals surface area contributed by atoms with E-state index in [1.54, 1.807) is 30.3 Å². The molecule has 7 heteroatoms. The monoisotopic (exact) mass is 482 g/mol. The summed E-state index contributed by atoms with van der Waals surface area (Å²) in [6, 6.07) is 21.3. The zero-order valence-electron chi connectivity index (χ0n) is 15.6. The summed E-state index contributed by atoms with van der Waals surface area (Å²) in [5.74, 6) is 0.258. The molecule has 1 heterocycles. The SMILES string of the molecule is O=C1N/C(=C/c2ccc(OCc3ccccc3)c(Br)c2)C(=O)N1c1ccc(Cl)cc1. The van der Waals surface area contributed by atoms with Gasteiger partial charge in [0.05, 0.1) is 10.2 Å².